The topological polar surface area (TPSA) is 26.0 Å². The largest absolute Gasteiger partial charge is 0.320 e. The van der Waals surface area contributed by atoms with Crippen molar-refractivity contribution in [1.82, 2.24) is 0 Å². The lowest BCUT2D eigenvalue weighted by Crippen LogP contribution is -2.11. The lowest BCUT2D eigenvalue weighted by Gasteiger charge is -2.14. The Balaban J connectivity index is 2.18. The summed E-state index contributed by atoms with van der Waals surface area (Å²) in [5, 5.41) is 4.52. The Bertz CT molecular complexity index is 684. The van der Waals surface area contributed by atoms with Crippen LogP contribution in [0.3, 0.4) is 0 Å². The van der Waals surface area contributed by atoms with Crippen LogP contribution in [0, 0.1) is 0 Å². The molecule has 2 aromatic carbocycles. The normalized spacial score (nSPS) is 12.8. The highest BCUT2D eigenvalue weighted by Gasteiger charge is 2.15. The van der Waals surface area contributed by atoms with Crippen LogP contribution in [0.4, 0.5) is 0 Å². The summed E-state index contributed by atoms with van der Waals surface area (Å²) >= 11 is 5.25. The number of benzene rings is 2. The van der Waals surface area contributed by atoms with Crippen molar-refractivity contribution in [1.29, 1.82) is 0 Å². The summed E-state index contributed by atoms with van der Waals surface area (Å²) < 4.78 is 1.09. The van der Waals surface area contributed by atoms with Gasteiger partial charge in [-0.3, -0.25) is 0 Å². The van der Waals surface area contributed by atoms with Gasteiger partial charge in [0, 0.05) is 9.35 Å². The number of rotatable bonds is 2. The van der Waals surface area contributed by atoms with Crippen molar-refractivity contribution in [3.8, 4) is 0 Å². The van der Waals surface area contributed by atoms with E-state index in [1.807, 2.05) is 6.07 Å². The summed E-state index contributed by atoms with van der Waals surface area (Å²) in [6.07, 6.45) is 0. The molecule has 0 amide bonds. The quantitative estimate of drug-likeness (QED) is 0.727. The van der Waals surface area contributed by atoms with Crippen LogP contribution >= 0.6 is 27.3 Å². The summed E-state index contributed by atoms with van der Waals surface area (Å²) in [5.41, 5.74) is 7.59. The molecule has 90 valence electrons. The van der Waals surface area contributed by atoms with Crippen molar-refractivity contribution in [2.24, 2.45) is 5.73 Å². The summed E-state index contributed by atoms with van der Waals surface area (Å²) in [4.78, 5) is 1.17. The Labute approximate surface area is 118 Å². The Morgan fingerprint density at radius 3 is 2.56 bits per heavy atom. The van der Waals surface area contributed by atoms with Gasteiger partial charge in [0.1, 0.15) is 0 Å². The summed E-state index contributed by atoms with van der Waals surface area (Å²) in [6.45, 7) is 0. The van der Waals surface area contributed by atoms with E-state index in [-0.39, 0.29) is 6.04 Å². The van der Waals surface area contributed by atoms with Gasteiger partial charge < -0.3 is 5.73 Å². The maximum Gasteiger partial charge on any atom is 0.0663 e. The van der Waals surface area contributed by atoms with Gasteiger partial charge >= 0.3 is 0 Å². The van der Waals surface area contributed by atoms with Crippen LogP contribution in [0.5, 0.6) is 0 Å². The van der Waals surface area contributed by atoms with Gasteiger partial charge in [0.05, 0.1) is 6.04 Å². The van der Waals surface area contributed by atoms with Crippen molar-refractivity contribution in [3.05, 3.63) is 68.8 Å². The van der Waals surface area contributed by atoms with Crippen LogP contribution < -0.4 is 5.73 Å². The zero-order valence-electron chi connectivity index (χ0n) is 9.64. The molecule has 3 rings (SSSR count). The summed E-state index contributed by atoms with van der Waals surface area (Å²) in [7, 11) is 0. The third-order valence-corrected chi connectivity index (χ3v) is 5.04. The van der Waals surface area contributed by atoms with E-state index < -0.39 is 0 Å². The third-order valence-electron chi connectivity index (χ3n) is 3.09. The van der Waals surface area contributed by atoms with Gasteiger partial charge in [-0.1, -0.05) is 42.5 Å². The van der Waals surface area contributed by atoms with Crippen molar-refractivity contribution in [2.45, 2.75) is 6.04 Å². The molecule has 3 heteroatoms. The highest BCUT2D eigenvalue weighted by atomic mass is 79.9. The first kappa shape index (κ1) is 11.9. The van der Waals surface area contributed by atoms with Crippen molar-refractivity contribution < 1.29 is 0 Å². The van der Waals surface area contributed by atoms with E-state index in [9.17, 15) is 0 Å². The highest BCUT2D eigenvalue weighted by molar-refractivity contribution is 9.10. The molecule has 1 aromatic heterocycles. The van der Waals surface area contributed by atoms with Crippen LogP contribution in [0.25, 0.3) is 10.8 Å². The lowest BCUT2D eigenvalue weighted by molar-refractivity contribution is 0.899. The average molecular weight is 318 g/mol. The molecule has 2 N–H and O–H groups in total. The first-order valence-corrected chi connectivity index (χ1v) is 7.41. The highest BCUT2D eigenvalue weighted by Crippen LogP contribution is 2.34. The van der Waals surface area contributed by atoms with Gasteiger partial charge in [-0.25, -0.2) is 0 Å². The molecule has 3 aromatic rings. The van der Waals surface area contributed by atoms with Crippen LogP contribution in [-0.4, -0.2) is 0 Å². The maximum atomic E-state index is 6.41. The molecular formula is C15H12BrNS. The molecule has 0 bridgehead atoms. The number of nitrogens with two attached hydrogens (primary N) is 1. The fourth-order valence-electron chi connectivity index (χ4n) is 2.19. The van der Waals surface area contributed by atoms with Crippen LogP contribution in [0.1, 0.15) is 16.5 Å². The molecule has 0 spiro atoms. The smallest absolute Gasteiger partial charge is 0.0663 e. The number of thiophene rings is 1. The van der Waals surface area contributed by atoms with E-state index in [0.29, 0.717) is 0 Å². The van der Waals surface area contributed by atoms with Crippen molar-refractivity contribution >= 4 is 38.0 Å². The molecule has 0 radical (unpaired) electrons. The molecule has 0 fully saturated rings. The van der Waals surface area contributed by atoms with E-state index in [1.54, 1.807) is 11.3 Å². The van der Waals surface area contributed by atoms with Crippen LogP contribution in [-0.2, 0) is 0 Å². The fraction of sp³-hybridized carbons (Fsp3) is 0.0667. The Morgan fingerprint density at radius 1 is 1.00 bits per heavy atom. The SMILES string of the molecule is NC(c1sccc1Br)c1cccc2ccccc12. The predicted molar refractivity (Wildman–Crippen MR) is 82.0 cm³/mol. The minimum Gasteiger partial charge on any atom is -0.320 e. The zero-order valence-corrected chi connectivity index (χ0v) is 12.0. The fourth-order valence-corrected chi connectivity index (χ4v) is 3.83. The Hall–Kier alpha value is -1.16. The first-order valence-electron chi connectivity index (χ1n) is 5.73. The number of fused-ring (bicyclic) bond motifs is 1. The van der Waals surface area contributed by atoms with Crippen molar-refractivity contribution in [2.75, 3.05) is 0 Å². The number of hydrogen-bond acceptors (Lipinski definition) is 2. The second-order valence-corrected chi connectivity index (χ2v) is 5.98. The molecule has 0 aliphatic rings. The van der Waals surface area contributed by atoms with E-state index in [0.717, 1.165) is 4.47 Å². The number of hydrogen-bond donors (Lipinski definition) is 1. The van der Waals surface area contributed by atoms with Gasteiger partial charge in [0.15, 0.2) is 0 Å². The Kier molecular flexibility index (Phi) is 3.20. The second kappa shape index (κ2) is 4.84. The second-order valence-electron chi connectivity index (χ2n) is 4.18. The molecule has 0 aliphatic carbocycles. The van der Waals surface area contributed by atoms with E-state index in [4.69, 9.17) is 5.73 Å². The van der Waals surface area contributed by atoms with Gasteiger partial charge in [-0.05, 0) is 43.7 Å². The molecule has 1 nitrogen and oxygen atoms in total. The molecule has 1 atom stereocenters. The monoisotopic (exact) mass is 317 g/mol. The van der Waals surface area contributed by atoms with E-state index in [2.05, 4.69) is 63.8 Å². The average Bonchev–Trinajstić information content (AvgIpc) is 2.83. The Morgan fingerprint density at radius 2 is 1.78 bits per heavy atom. The molecule has 1 heterocycles. The molecule has 1 unspecified atom stereocenters. The predicted octanol–water partition coefficient (Wildman–Crippen LogP) is 4.71. The third kappa shape index (κ3) is 1.99. The lowest BCUT2D eigenvalue weighted by atomic mass is 9.98. The minimum atomic E-state index is -0.0783. The number of halogens is 1. The summed E-state index contributed by atoms with van der Waals surface area (Å²) in [6, 6.07) is 16.6. The van der Waals surface area contributed by atoms with E-state index >= 15 is 0 Å². The van der Waals surface area contributed by atoms with E-state index in [1.165, 1.54) is 21.2 Å². The maximum absolute atomic E-state index is 6.41. The van der Waals surface area contributed by atoms with Crippen molar-refractivity contribution in [3.63, 3.8) is 0 Å². The molecule has 0 aliphatic heterocycles. The van der Waals surface area contributed by atoms with Gasteiger partial charge in [-0.15, -0.1) is 11.3 Å². The van der Waals surface area contributed by atoms with Gasteiger partial charge in [-0.2, -0.15) is 0 Å². The molecule has 18 heavy (non-hydrogen) atoms. The minimum absolute atomic E-state index is 0.0783. The molecule has 0 saturated carbocycles. The zero-order chi connectivity index (χ0) is 12.5. The van der Waals surface area contributed by atoms with Gasteiger partial charge in [0.2, 0.25) is 0 Å². The van der Waals surface area contributed by atoms with Gasteiger partial charge in [0.25, 0.3) is 0 Å². The standard InChI is InChI=1S/C15H12BrNS/c16-13-8-9-18-15(13)14(17)12-7-3-5-10-4-1-2-6-11(10)12/h1-9,14H,17H2. The van der Waals surface area contributed by atoms with Crippen LogP contribution in [0.15, 0.2) is 58.4 Å². The molecular weight excluding hydrogens is 306 g/mol. The molecule has 0 saturated heterocycles. The first-order chi connectivity index (χ1) is 8.77. The summed E-state index contributed by atoms with van der Waals surface area (Å²) in [5.74, 6) is 0. The van der Waals surface area contributed by atoms with Crippen LogP contribution in [0.2, 0.25) is 0 Å².